The predicted molar refractivity (Wildman–Crippen MR) is 50.6 cm³/mol. The minimum Gasteiger partial charge on any atom is -0.343 e. The third-order valence-electron chi connectivity index (χ3n) is 2.25. The zero-order chi connectivity index (χ0) is 9.19. The summed E-state index contributed by atoms with van der Waals surface area (Å²) < 4.78 is 4.02. The Labute approximate surface area is 74.4 Å². The summed E-state index contributed by atoms with van der Waals surface area (Å²) in [5.41, 5.74) is -0.645. The molecule has 0 N–H and O–H groups in total. The van der Waals surface area contributed by atoms with Gasteiger partial charge in [-0.05, 0) is 0 Å². The summed E-state index contributed by atoms with van der Waals surface area (Å²) in [4.78, 5) is 13.2. The van der Waals surface area contributed by atoms with E-state index in [9.17, 15) is 4.79 Å². The highest BCUT2D eigenvalue weighted by molar-refractivity contribution is 7.04. The molecule has 1 rings (SSSR count). The maximum Gasteiger partial charge on any atom is 0.255 e. The van der Waals surface area contributed by atoms with Crippen molar-refractivity contribution in [2.24, 2.45) is 4.74 Å². The van der Waals surface area contributed by atoms with Gasteiger partial charge >= 0.3 is 0 Å². The number of hydrogen-bond donors (Lipinski definition) is 0. The molecular weight excluding hydrogens is 171 g/mol. The summed E-state index contributed by atoms with van der Waals surface area (Å²) in [6, 6.07) is 0. The minimum atomic E-state index is -0.645. The SMILES string of the molecule is C#CCC1(N=[PH2+])CCN(C)C1=O. The fraction of sp³-hybridized carbons (Fsp3) is 0.625. The van der Waals surface area contributed by atoms with Crippen molar-refractivity contribution in [2.75, 3.05) is 13.6 Å². The van der Waals surface area contributed by atoms with Crippen LogP contribution in [0.5, 0.6) is 0 Å². The zero-order valence-electron chi connectivity index (χ0n) is 7.08. The second-order valence-corrected chi connectivity index (χ2v) is 3.28. The Bertz CT molecular complexity index is 258. The molecule has 1 aliphatic rings. The molecule has 0 radical (unpaired) electrons. The van der Waals surface area contributed by atoms with Gasteiger partial charge in [-0.1, -0.05) is 4.74 Å². The summed E-state index contributed by atoms with van der Waals surface area (Å²) >= 11 is 0. The average Bonchev–Trinajstić information content (AvgIpc) is 2.35. The van der Waals surface area contributed by atoms with Crippen LogP contribution in [0.1, 0.15) is 12.8 Å². The molecule has 64 valence electrons. The van der Waals surface area contributed by atoms with Gasteiger partial charge < -0.3 is 4.90 Å². The van der Waals surface area contributed by atoms with E-state index in [4.69, 9.17) is 6.42 Å². The van der Waals surface area contributed by atoms with Crippen LogP contribution in [0.25, 0.3) is 0 Å². The summed E-state index contributed by atoms with van der Waals surface area (Å²) in [7, 11) is 4.02. The van der Waals surface area contributed by atoms with Gasteiger partial charge in [-0.25, -0.2) is 0 Å². The van der Waals surface area contributed by atoms with E-state index in [2.05, 4.69) is 19.7 Å². The minimum absolute atomic E-state index is 0.0375. The summed E-state index contributed by atoms with van der Waals surface area (Å²) in [5, 5.41) is 0. The Morgan fingerprint density at radius 2 is 2.58 bits per heavy atom. The molecule has 0 spiro atoms. The van der Waals surface area contributed by atoms with Crippen molar-refractivity contribution in [2.45, 2.75) is 18.4 Å². The van der Waals surface area contributed by atoms with Gasteiger partial charge in [0.05, 0.1) is 0 Å². The van der Waals surface area contributed by atoms with Gasteiger partial charge in [0.1, 0.15) is 0 Å². The Morgan fingerprint density at radius 3 is 2.92 bits per heavy atom. The molecular formula is C8H12N2OP+. The van der Waals surface area contributed by atoms with Gasteiger partial charge in [0.15, 0.2) is 14.6 Å². The van der Waals surface area contributed by atoms with Crippen LogP contribution in [0.2, 0.25) is 0 Å². The van der Waals surface area contributed by atoms with Crippen LogP contribution in [0.3, 0.4) is 0 Å². The average molecular weight is 183 g/mol. The number of carbonyl (C=O) groups is 1. The van der Waals surface area contributed by atoms with Crippen molar-refractivity contribution >= 4 is 14.9 Å². The van der Waals surface area contributed by atoms with Crippen molar-refractivity contribution in [1.82, 2.24) is 4.90 Å². The third kappa shape index (κ3) is 1.23. The number of hydrogen-bond acceptors (Lipinski definition) is 2. The maximum absolute atomic E-state index is 11.6. The molecule has 1 saturated heterocycles. The van der Waals surface area contributed by atoms with E-state index in [1.54, 1.807) is 11.9 Å². The van der Waals surface area contributed by atoms with Gasteiger partial charge in [-0.15, -0.1) is 12.3 Å². The molecule has 2 unspecified atom stereocenters. The number of rotatable bonds is 2. The molecule has 0 aromatic rings. The number of likely N-dealkylation sites (tertiary alicyclic amines) is 1. The Hall–Kier alpha value is -0.870. The molecule has 1 fully saturated rings. The first-order valence-electron chi connectivity index (χ1n) is 3.77. The number of nitrogens with zero attached hydrogens (tertiary/aromatic N) is 2. The van der Waals surface area contributed by atoms with Crippen LogP contribution in [-0.4, -0.2) is 29.9 Å². The topological polar surface area (TPSA) is 32.7 Å². The molecule has 4 heteroatoms. The lowest BCUT2D eigenvalue weighted by atomic mass is 9.95. The molecule has 0 saturated carbocycles. The Kier molecular flexibility index (Phi) is 2.49. The van der Waals surface area contributed by atoms with E-state index in [1.807, 2.05) is 0 Å². The quantitative estimate of drug-likeness (QED) is 0.457. The van der Waals surface area contributed by atoms with Crippen LogP contribution in [0.15, 0.2) is 4.74 Å². The summed E-state index contributed by atoms with van der Waals surface area (Å²) in [6.07, 6.45) is 6.32. The summed E-state index contributed by atoms with van der Waals surface area (Å²) in [6.45, 7) is 0.748. The molecule has 2 atom stereocenters. The molecule has 1 amide bonds. The predicted octanol–water partition coefficient (Wildman–Crippen LogP) is 0.669. The van der Waals surface area contributed by atoms with Crippen molar-refractivity contribution in [1.29, 1.82) is 0 Å². The van der Waals surface area contributed by atoms with E-state index in [0.717, 1.165) is 13.0 Å². The largest absolute Gasteiger partial charge is 0.343 e. The first-order chi connectivity index (χ1) is 5.66. The molecule has 1 heterocycles. The smallest absolute Gasteiger partial charge is 0.255 e. The summed E-state index contributed by atoms with van der Waals surface area (Å²) in [5.74, 6) is 2.54. The lowest BCUT2D eigenvalue weighted by molar-refractivity contribution is -0.130. The molecule has 12 heavy (non-hydrogen) atoms. The second-order valence-electron chi connectivity index (χ2n) is 3.02. The molecule has 0 aromatic heterocycles. The lowest BCUT2D eigenvalue weighted by Crippen LogP contribution is -2.35. The molecule has 0 aromatic carbocycles. The highest BCUT2D eigenvalue weighted by atomic mass is 31.0. The van der Waals surface area contributed by atoms with E-state index >= 15 is 0 Å². The van der Waals surface area contributed by atoms with Gasteiger partial charge in [-0.3, -0.25) is 4.79 Å². The first-order valence-corrected chi connectivity index (χ1v) is 4.29. The third-order valence-corrected chi connectivity index (χ3v) is 2.74. The highest BCUT2D eigenvalue weighted by Gasteiger charge is 2.46. The number of likely N-dealkylation sites (N-methyl/N-ethyl adjacent to an activating group) is 1. The van der Waals surface area contributed by atoms with Crippen LogP contribution < -0.4 is 0 Å². The fourth-order valence-electron chi connectivity index (χ4n) is 1.41. The van der Waals surface area contributed by atoms with E-state index in [1.165, 1.54) is 0 Å². The molecule has 0 aliphatic carbocycles. The van der Waals surface area contributed by atoms with Crippen LogP contribution >= 0.6 is 9.03 Å². The normalized spacial score (nSPS) is 28.7. The molecule has 1 aliphatic heterocycles. The van der Waals surface area contributed by atoms with Gasteiger partial charge in [-0.2, -0.15) is 0 Å². The van der Waals surface area contributed by atoms with Crippen LogP contribution in [0, 0.1) is 12.3 Å². The van der Waals surface area contributed by atoms with Crippen LogP contribution in [0.4, 0.5) is 0 Å². The van der Waals surface area contributed by atoms with Gasteiger partial charge in [0.25, 0.3) is 5.91 Å². The van der Waals surface area contributed by atoms with E-state index in [0.29, 0.717) is 6.42 Å². The van der Waals surface area contributed by atoms with Crippen LogP contribution in [-0.2, 0) is 4.79 Å². The number of amides is 1. The number of carbonyl (C=O) groups excluding carboxylic acids is 1. The highest BCUT2D eigenvalue weighted by Crippen LogP contribution is 2.29. The standard InChI is InChI=1S/C8H11N2OP/c1-3-4-8(9-12)5-6-10(2)7(8)11/h1,12H,4-6H2,2H3/p+1. The molecule has 3 nitrogen and oxygen atoms in total. The Morgan fingerprint density at radius 1 is 1.92 bits per heavy atom. The maximum atomic E-state index is 11.6. The Balaban J connectivity index is 2.89. The second kappa shape index (κ2) is 3.25. The van der Waals surface area contributed by atoms with E-state index in [-0.39, 0.29) is 5.91 Å². The van der Waals surface area contributed by atoms with Crippen molar-refractivity contribution in [3.63, 3.8) is 0 Å². The van der Waals surface area contributed by atoms with Crippen molar-refractivity contribution in [3.8, 4) is 12.3 Å². The monoisotopic (exact) mass is 183 g/mol. The van der Waals surface area contributed by atoms with Crippen molar-refractivity contribution < 1.29 is 4.79 Å². The molecule has 0 bridgehead atoms. The first kappa shape index (κ1) is 9.22. The van der Waals surface area contributed by atoms with Gasteiger partial charge in [0.2, 0.25) is 0 Å². The number of terminal acetylenes is 1. The van der Waals surface area contributed by atoms with Crippen molar-refractivity contribution in [3.05, 3.63) is 0 Å². The van der Waals surface area contributed by atoms with Gasteiger partial charge in [0, 0.05) is 26.4 Å². The van der Waals surface area contributed by atoms with E-state index < -0.39 is 5.54 Å². The lowest BCUT2D eigenvalue weighted by Gasteiger charge is -2.15. The fourth-order valence-corrected chi connectivity index (χ4v) is 1.75. The zero-order valence-corrected chi connectivity index (χ0v) is 8.23.